The van der Waals surface area contributed by atoms with E-state index in [2.05, 4.69) is 15.3 Å². The number of rotatable bonds is 10. The fraction of sp³-hybridized carbons (Fsp3) is 0.192. The average Bonchev–Trinajstić information content (AvgIpc) is 3.30. The predicted molar refractivity (Wildman–Crippen MR) is 139 cm³/mol. The van der Waals surface area contributed by atoms with E-state index in [0.717, 1.165) is 11.1 Å². The van der Waals surface area contributed by atoms with Gasteiger partial charge in [-0.15, -0.1) is 0 Å². The topological polar surface area (TPSA) is 92.1 Å². The Balaban J connectivity index is 1.61. The van der Waals surface area contributed by atoms with E-state index in [4.69, 9.17) is 35.9 Å². The maximum absolute atomic E-state index is 5.94. The lowest BCUT2D eigenvalue weighted by Crippen LogP contribution is -2.00. The Bertz CT molecular complexity index is 1390. The largest absolute Gasteiger partial charge is 0.493 e. The molecule has 0 fully saturated rings. The normalized spacial score (nSPS) is 10.9. The van der Waals surface area contributed by atoms with Crippen molar-refractivity contribution in [3.63, 3.8) is 0 Å². The van der Waals surface area contributed by atoms with Gasteiger partial charge in [-0.3, -0.25) is 0 Å². The maximum Gasteiger partial charge on any atom is 0.216 e. The molecular formula is C26H26N4O5S. The van der Waals surface area contributed by atoms with E-state index in [1.807, 2.05) is 48.5 Å². The number of aromatic nitrogens is 3. The molecule has 1 aromatic heterocycles. The van der Waals surface area contributed by atoms with Crippen LogP contribution in [-0.2, 0) is 6.61 Å². The molecule has 3 aromatic carbocycles. The number of benzene rings is 3. The van der Waals surface area contributed by atoms with Gasteiger partial charge >= 0.3 is 0 Å². The third-order valence-electron chi connectivity index (χ3n) is 5.32. The minimum absolute atomic E-state index is 0.324. The van der Waals surface area contributed by atoms with Crippen molar-refractivity contribution in [2.24, 2.45) is 5.10 Å². The van der Waals surface area contributed by atoms with Gasteiger partial charge in [-0.25, -0.2) is 5.10 Å². The Labute approximate surface area is 213 Å². The molecule has 4 aromatic rings. The highest BCUT2D eigenvalue weighted by Crippen LogP contribution is 2.40. The SMILES string of the molecule is COc1cc(/C=N\n2c(-c3cc(OC)c(OC)c(OC)c3)n[nH]c2=S)ccc1OCc1ccccc1. The molecule has 0 radical (unpaired) electrons. The Hall–Kier alpha value is -4.31. The molecular weight excluding hydrogens is 480 g/mol. The number of nitrogens with one attached hydrogen (secondary N) is 1. The molecule has 0 aliphatic rings. The van der Waals surface area contributed by atoms with Crippen LogP contribution in [0.15, 0.2) is 65.8 Å². The summed E-state index contributed by atoms with van der Waals surface area (Å²) in [5.74, 6) is 3.17. The molecule has 0 saturated heterocycles. The Morgan fingerprint density at radius 1 is 0.861 bits per heavy atom. The molecule has 0 saturated carbocycles. The first kappa shape index (κ1) is 24.8. The Morgan fingerprint density at radius 3 is 2.19 bits per heavy atom. The quantitative estimate of drug-likeness (QED) is 0.236. The van der Waals surface area contributed by atoms with E-state index < -0.39 is 0 Å². The van der Waals surface area contributed by atoms with Crippen LogP contribution in [0.2, 0.25) is 0 Å². The summed E-state index contributed by atoms with van der Waals surface area (Å²) in [6.45, 7) is 0.437. The minimum Gasteiger partial charge on any atom is -0.493 e. The van der Waals surface area contributed by atoms with E-state index in [0.29, 0.717) is 51.5 Å². The summed E-state index contributed by atoms with van der Waals surface area (Å²) in [5.41, 5.74) is 2.54. The van der Waals surface area contributed by atoms with Crippen molar-refractivity contribution in [1.82, 2.24) is 14.9 Å². The van der Waals surface area contributed by atoms with Gasteiger partial charge in [0.1, 0.15) is 6.61 Å². The van der Waals surface area contributed by atoms with Crippen molar-refractivity contribution in [1.29, 1.82) is 0 Å². The molecule has 36 heavy (non-hydrogen) atoms. The molecule has 0 aliphatic heterocycles. The number of aromatic amines is 1. The molecule has 1 N–H and O–H groups in total. The first-order chi connectivity index (χ1) is 17.6. The van der Waals surface area contributed by atoms with E-state index in [1.54, 1.807) is 46.8 Å². The van der Waals surface area contributed by atoms with Gasteiger partial charge in [0.05, 0.1) is 34.7 Å². The van der Waals surface area contributed by atoms with Gasteiger partial charge in [0.2, 0.25) is 10.5 Å². The Morgan fingerprint density at radius 2 is 1.56 bits per heavy atom. The van der Waals surface area contributed by atoms with Gasteiger partial charge in [0.15, 0.2) is 28.8 Å². The van der Waals surface area contributed by atoms with Crippen LogP contribution in [0.1, 0.15) is 11.1 Å². The number of hydrogen-bond donors (Lipinski definition) is 1. The summed E-state index contributed by atoms with van der Waals surface area (Å²) in [5, 5.41) is 11.7. The molecule has 0 bridgehead atoms. The second-order valence-electron chi connectivity index (χ2n) is 7.51. The first-order valence-electron chi connectivity index (χ1n) is 10.9. The fourth-order valence-electron chi connectivity index (χ4n) is 3.54. The zero-order valence-corrected chi connectivity index (χ0v) is 21.2. The van der Waals surface area contributed by atoms with E-state index in [-0.39, 0.29) is 0 Å². The molecule has 0 aliphatic carbocycles. The van der Waals surface area contributed by atoms with Crippen molar-refractivity contribution in [3.8, 4) is 40.1 Å². The van der Waals surface area contributed by atoms with Crippen molar-refractivity contribution in [3.05, 3.63) is 76.6 Å². The van der Waals surface area contributed by atoms with Gasteiger partial charge in [0.25, 0.3) is 0 Å². The number of ether oxygens (including phenoxy) is 5. The van der Waals surface area contributed by atoms with Crippen LogP contribution in [0.3, 0.4) is 0 Å². The summed E-state index contributed by atoms with van der Waals surface area (Å²) in [6.07, 6.45) is 1.66. The van der Waals surface area contributed by atoms with Crippen molar-refractivity contribution >= 4 is 18.4 Å². The lowest BCUT2D eigenvalue weighted by atomic mass is 10.1. The zero-order chi connectivity index (χ0) is 25.5. The molecule has 0 amide bonds. The average molecular weight is 507 g/mol. The van der Waals surface area contributed by atoms with Gasteiger partial charge in [-0.2, -0.15) is 14.9 Å². The van der Waals surface area contributed by atoms with E-state index in [9.17, 15) is 0 Å². The monoisotopic (exact) mass is 506 g/mol. The standard InChI is InChI=1S/C26H26N4O5S/c1-31-21-12-18(10-11-20(21)35-16-17-8-6-5-7-9-17)15-27-30-25(28-29-26(30)36)19-13-22(32-2)24(34-4)23(14-19)33-3/h5-15H,16H2,1-4H3,(H,29,36)/b27-15-. The number of hydrogen-bond acceptors (Lipinski definition) is 8. The third-order valence-corrected chi connectivity index (χ3v) is 5.58. The van der Waals surface area contributed by atoms with Gasteiger partial charge in [-0.05, 0) is 53.7 Å². The zero-order valence-electron chi connectivity index (χ0n) is 20.3. The molecule has 4 rings (SSSR count). The second kappa shape index (κ2) is 11.4. The minimum atomic E-state index is 0.324. The highest BCUT2D eigenvalue weighted by Gasteiger charge is 2.17. The summed E-state index contributed by atoms with van der Waals surface area (Å²) in [4.78, 5) is 0. The number of nitrogens with zero attached hydrogens (tertiary/aromatic N) is 3. The fourth-order valence-corrected chi connectivity index (χ4v) is 3.72. The number of methoxy groups -OCH3 is 4. The van der Waals surface area contributed by atoms with Crippen LogP contribution in [-0.4, -0.2) is 49.5 Å². The van der Waals surface area contributed by atoms with Gasteiger partial charge in [0, 0.05) is 5.56 Å². The second-order valence-corrected chi connectivity index (χ2v) is 7.89. The van der Waals surface area contributed by atoms with Crippen LogP contribution >= 0.6 is 12.2 Å². The molecule has 0 atom stereocenters. The molecule has 186 valence electrons. The predicted octanol–water partition coefficient (Wildman–Crippen LogP) is 5.10. The van der Waals surface area contributed by atoms with Crippen LogP contribution in [0.4, 0.5) is 0 Å². The molecule has 1 heterocycles. The highest BCUT2D eigenvalue weighted by atomic mass is 32.1. The summed E-state index contributed by atoms with van der Waals surface area (Å²) >= 11 is 5.41. The molecule has 0 unspecified atom stereocenters. The smallest absolute Gasteiger partial charge is 0.216 e. The van der Waals surface area contributed by atoms with E-state index >= 15 is 0 Å². The van der Waals surface area contributed by atoms with Crippen molar-refractivity contribution in [2.45, 2.75) is 6.61 Å². The molecule has 10 heteroatoms. The summed E-state index contributed by atoms with van der Waals surface area (Å²) < 4.78 is 29.6. The summed E-state index contributed by atoms with van der Waals surface area (Å²) in [7, 11) is 6.25. The van der Waals surface area contributed by atoms with Gasteiger partial charge < -0.3 is 23.7 Å². The first-order valence-corrected chi connectivity index (χ1v) is 11.4. The molecule has 9 nitrogen and oxygen atoms in total. The van der Waals surface area contributed by atoms with Crippen LogP contribution in [0.5, 0.6) is 28.7 Å². The van der Waals surface area contributed by atoms with Crippen molar-refractivity contribution in [2.75, 3.05) is 28.4 Å². The van der Waals surface area contributed by atoms with Gasteiger partial charge in [-0.1, -0.05) is 30.3 Å². The molecule has 0 spiro atoms. The van der Waals surface area contributed by atoms with Crippen LogP contribution in [0, 0.1) is 4.77 Å². The van der Waals surface area contributed by atoms with Crippen LogP contribution < -0.4 is 23.7 Å². The van der Waals surface area contributed by atoms with E-state index in [1.165, 1.54) is 4.68 Å². The van der Waals surface area contributed by atoms with Crippen molar-refractivity contribution < 1.29 is 23.7 Å². The number of H-pyrrole nitrogens is 1. The maximum atomic E-state index is 5.94. The lowest BCUT2D eigenvalue weighted by molar-refractivity contribution is 0.284. The highest BCUT2D eigenvalue weighted by molar-refractivity contribution is 7.71. The Kier molecular flexibility index (Phi) is 7.86. The van der Waals surface area contributed by atoms with Crippen LogP contribution in [0.25, 0.3) is 11.4 Å². The third kappa shape index (κ3) is 5.33. The lowest BCUT2D eigenvalue weighted by Gasteiger charge is -2.13. The summed E-state index contributed by atoms with van der Waals surface area (Å²) in [6, 6.07) is 19.1.